The van der Waals surface area contributed by atoms with Crippen LogP contribution in [0.15, 0.2) is 36.4 Å². The molecule has 2 N–H and O–H groups in total. The van der Waals surface area contributed by atoms with Crippen molar-refractivity contribution in [3.05, 3.63) is 47.8 Å². The zero-order chi connectivity index (χ0) is 21.8. The van der Waals surface area contributed by atoms with Crippen LogP contribution in [0.25, 0.3) is 11.1 Å². The number of carbonyl (C=O) groups is 1. The lowest BCUT2D eigenvalue weighted by atomic mass is 10.0. The van der Waals surface area contributed by atoms with Crippen LogP contribution in [0.4, 0.5) is 22.4 Å². The standard InChI is InChI=1S/C20H21F4NO4/c1-19(2,3)29-18(27)25-8-9-28-17-7-4-12(10-16(17)26)14-6-5-13(11-15(14)21)20(22,23)24/h4-7,10-11,26H,8-9H2,1-3H3,(H,25,27). The number of hydrogen-bond donors (Lipinski definition) is 2. The molecule has 0 bridgehead atoms. The van der Waals surface area contributed by atoms with Gasteiger partial charge in [0.1, 0.15) is 18.0 Å². The monoisotopic (exact) mass is 415 g/mol. The Kier molecular flexibility index (Phi) is 6.61. The Morgan fingerprint density at radius 1 is 1.10 bits per heavy atom. The highest BCUT2D eigenvalue weighted by molar-refractivity contribution is 5.68. The molecule has 0 saturated heterocycles. The van der Waals surface area contributed by atoms with Crippen molar-refractivity contribution in [2.24, 2.45) is 0 Å². The fourth-order valence-corrected chi connectivity index (χ4v) is 2.36. The van der Waals surface area contributed by atoms with Crippen molar-refractivity contribution in [1.29, 1.82) is 0 Å². The molecule has 0 fully saturated rings. The molecule has 5 nitrogen and oxygen atoms in total. The smallest absolute Gasteiger partial charge is 0.416 e. The number of rotatable bonds is 5. The molecule has 0 atom stereocenters. The van der Waals surface area contributed by atoms with Crippen molar-refractivity contribution in [2.75, 3.05) is 13.2 Å². The van der Waals surface area contributed by atoms with Gasteiger partial charge in [0, 0.05) is 5.56 Å². The molecule has 9 heteroatoms. The van der Waals surface area contributed by atoms with Gasteiger partial charge in [0.25, 0.3) is 0 Å². The van der Waals surface area contributed by atoms with E-state index in [1.807, 2.05) is 0 Å². The minimum atomic E-state index is -4.65. The van der Waals surface area contributed by atoms with E-state index >= 15 is 0 Å². The summed E-state index contributed by atoms with van der Waals surface area (Å²) in [6, 6.07) is 6.11. The van der Waals surface area contributed by atoms with Gasteiger partial charge in [-0.3, -0.25) is 0 Å². The molecular formula is C20H21F4NO4. The Hall–Kier alpha value is -2.97. The fraction of sp³-hybridized carbons (Fsp3) is 0.350. The summed E-state index contributed by atoms with van der Waals surface area (Å²) in [5, 5.41) is 12.5. The molecular weight excluding hydrogens is 394 g/mol. The summed E-state index contributed by atoms with van der Waals surface area (Å²) in [6.07, 6.45) is -5.26. The molecule has 2 aromatic carbocycles. The summed E-state index contributed by atoms with van der Waals surface area (Å²) in [5.74, 6) is -1.31. The van der Waals surface area contributed by atoms with Crippen LogP contribution in [0.1, 0.15) is 26.3 Å². The quantitative estimate of drug-likeness (QED) is 0.525. The number of nitrogens with one attached hydrogen (secondary N) is 1. The molecule has 0 unspecified atom stereocenters. The average Bonchev–Trinajstić information content (AvgIpc) is 2.57. The van der Waals surface area contributed by atoms with Crippen LogP contribution in [0.5, 0.6) is 11.5 Å². The van der Waals surface area contributed by atoms with E-state index in [-0.39, 0.29) is 35.8 Å². The summed E-state index contributed by atoms with van der Waals surface area (Å²) in [7, 11) is 0. The van der Waals surface area contributed by atoms with Gasteiger partial charge in [-0.1, -0.05) is 12.1 Å². The third-order valence-corrected chi connectivity index (χ3v) is 3.59. The van der Waals surface area contributed by atoms with Gasteiger partial charge in [-0.2, -0.15) is 13.2 Å². The fourth-order valence-electron chi connectivity index (χ4n) is 2.36. The first-order chi connectivity index (χ1) is 13.4. The number of phenolic OH excluding ortho intramolecular Hbond substituents is 1. The van der Waals surface area contributed by atoms with E-state index in [0.29, 0.717) is 6.07 Å². The number of ether oxygens (including phenoxy) is 2. The van der Waals surface area contributed by atoms with Gasteiger partial charge in [-0.15, -0.1) is 0 Å². The lowest BCUT2D eigenvalue weighted by molar-refractivity contribution is -0.137. The molecule has 158 valence electrons. The van der Waals surface area contributed by atoms with Crippen LogP contribution < -0.4 is 10.1 Å². The van der Waals surface area contributed by atoms with Crippen molar-refractivity contribution < 1.29 is 36.9 Å². The highest BCUT2D eigenvalue weighted by Crippen LogP contribution is 2.35. The Balaban J connectivity index is 1.99. The van der Waals surface area contributed by atoms with Crippen LogP contribution in [0.3, 0.4) is 0 Å². The Labute approximate surface area is 165 Å². The van der Waals surface area contributed by atoms with E-state index in [0.717, 1.165) is 12.1 Å². The number of benzene rings is 2. The van der Waals surface area contributed by atoms with Crippen LogP contribution in [-0.4, -0.2) is 30.0 Å². The van der Waals surface area contributed by atoms with E-state index in [2.05, 4.69) is 5.32 Å². The second-order valence-electron chi connectivity index (χ2n) is 7.15. The van der Waals surface area contributed by atoms with Gasteiger partial charge in [0.2, 0.25) is 0 Å². The Morgan fingerprint density at radius 3 is 2.34 bits per heavy atom. The highest BCUT2D eigenvalue weighted by Gasteiger charge is 2.31. The van der Waals surface area contributed by atoms with Gasteiger partial charge < -0.3 is 19.9 Å². The number of halogens is 4. The number of aromatic hydroxyl groups is 1. The normalized spacial score (nSPS) is 11.8. The molecule has 2 aromatic rings. The Morgan fingerprint density at radius 2 is 1.79 bits per heavy atom. The number of hydrogen-bond acceptors (Lipinski definition) is 4. The summed E-state index contributed by atoms with van der Waals surface area (Å²) in [4.78, 5) is 11.5. The van der Waals surface area contributed by atoms with Crippen molar-refractivity contribution >= 4 is 6.09 Å². The third kappa shape index (κ3) is 6.55. The molecule has 0 radical (unpaired) electrons. The van der Waals surface area contributed by atoms with E-state index in [9.17, 15) is 27.5 Å². The van der Waals surface area contributed by atoms with E-state index < -0.39 is 29.3 Å². The number of phenols is 1. The lowest BCUT2D eigenvalue weighted by Crippen LogP contribution is -2.34. The zero-order valence-corrected chi connectivity index (χ0v) is 16.1. The predicted molar refractivity (Wildman–Crippen MR) is 98.2 cm³/mol. The summed E-state index contributed by atoms with van der Waals surface area (Å²) < 4.78 is 62.4. The van der Waals surface area contributed by atoms with Crippen LogP contribution >= 0.6 is 0 Å². The minimum Gasteiger partial charge on any atom is -0.504 e. The summed E-state index contributed by atoms with van der Waals surface area (Å²) in [5.41, 5.74) is -1.63. The van der Waals surface area contributed by atoms with E-state index in [1.165, 1.54) is 18.2 Å². The van der Waals surface area contributed by atoms with Crippen molar-refractivity contribution in [3.63, 3.8) is 0 Å². The van der Waals surface area contributed by atoms with E-state index in [1.54, 1.807) is 20.8 Å². The van der Waals surface area contributed by atoms with Crippen molar-refractivity contribution in [1.82, 2.24) is 5.32 Å². The van der Waals surface area contributed by atoms with Crippen LogP contribution in [0, 0.1) is 5.82 Å². The molecule has 0 saturated carbocycles. The van der Waals surface area contributed by atoms with Crippen molar-refractivity contribution in [3.8, 4) is 22.6 Å². The van der Waals surface area contributed by atoms with Crippen molar-refractivity contribution in [2.45, 2.75) is 32.5 Å². The molecule has 1 amide bonds. The maximum absolute atomic E-state index is 14.1. The maximum Gasteiger partial charge on any atom is 0.416 e. The van der Waals surface area contributed by atoms with Gasteiger partial charge in [0.15, 0.2) is 11.5 Å². The highest BCUT2D eigenvalue weighted by atomic mass is 19.4. The molecule has 0 heterocycles. The largest absolute Gasteiger partial charge is 0.504 e. The van der Waals surface area contributed by atoms with E-state index in [4.69, 9.17) is 9.47 Å². The predicted octanol–water partition coefficient (Wildman–Crippen LogP) is 5.12. The van der Waals surface area contributed by atoms with Gasteiger partial charge in [-0.25, -0.2) is 9.18 Å². The topological polar surface area (TPSA) is 67.8 Å². The second-order valence-corrected chi connectivity index (χ2v) is 7.15. The molecule has 2 rings (SSSR count). The maximum atomic E-state index is 14.1. The minimum absolute atomic E-state index is 0.0286. The summed E-state index contributed by atoms with van der Waals surface area (Å²) in [6.45, 7) is 5.32. The number of alkyl halides is 3. The van der Waals surface area contributed by atoms with Gasteiger partial charge >= 0.3 is 12.3 Å². The number of alkyl carbamates (subject to hydrolysis) is 1. The van der Waals surface area contributed by atoms with Crippen LogP contribution in [0.2, 0.25) is 0 Å². The van der Waals surface area contributed by atoms with Gasteiger partial charge in [-0.05, 0) is 50.6 Å². The number of carbonyl (C=O) groups excluding carboxylic acids is 1. The van der Waals surface area contributed by atoms with Gasteiger partial charge in [0.05, 0.1) is 12.1 Å². The SMILES string of the molecule is CC(C)(C)OC(=O)NCCOc1ccc(-c2ccc(C(F)(F)F)cc2F)cc1O. The first-order valence-corrected chi connectivity index (χ1v) is 8.66. The Bertz CT molecular complexity index is 876. The zero-order valence-electron chi connectivity index (χ0n) is 16.1. The molecule has 0 aromatic heterocycles. The molecule has 29 heavy (non-hydrogen) atoms. The summed E-state index contributed by atoms with van der Waals surface area (Å²) >= 11 is 0. The average molecular weight is 415 g/mol. The molecule has 0 aliphatic rings. The lowest BCUT2D eigenvalue weighted by Gasteiger charge is -2.19. The molecule has 0 aliphatic carbocycles. The first kappa shape index (κ1) is 22.3. The number of amides is 1. The third-order valence-electron chi connectivity index (χ3n) is 3.59. The molecule has 0 aliphatic heterocycles. The second kappa shape index (κ2) is 8.59. The van der Waals surface area contributed by atoms with Crippen LogP contribution in [-0.2, 0) is 10.9 Å². The molecule has 0 spiro atoms. The first-order valence-electron chi connectivity index (χ1n) is 8.66.